The summed E-state index contributed by atoms with van der Waals surface area (Å²) in [4.78, 5) is 67.7. The highest BCUT2D eigenvalue weighted by Crippen LogP contribution is 2.18. The normalized spacial score (nSPS) is 23.8. The standard InChI is InChI=1S/C37H51N5O7/c1-5-24(4)33-36(46)38-18-8-20-49-28-16-12-26(13-17-28)22-30(35(45)42-33)39-34(44)29-21-25-10-14-27(15-11-25)48-19-7-6-9-31(43)41-32(23(2)3)37(47)40-29/h10-17,23-24,29-30,32-33H,5-9,18-22H2,1-4H3,(H,38,46)(H,39,44)(H,40,47)(H,41,43)(H,42,45)/t24-,29?,30-,32-,33?/m0/s1. The van der Waals surface area contributed by atoms with Crippen molar-refractivity contribution in [1.82, 2.24) is 26.6 Å². The highest BCUT2D eigenvalue weighted by atomic mass is 16.5. The molecule has 0 fully saturated rings. The molecule has 0 saturated carbocycles. The van der Waals surface area contributed by atoms with Gasteiger partial charge in [0, 0.05) is 25.8 Å². The molecule has 49 heavy (non-hydrogen) atoms. The maximum Gasteiger partial charge on any atom is 0.243 e. The zero-order chi connectivity index (χ0) is 35.3. The van der Waals surface area contributed by atoms with Crippen molar-refractivity contribution in [2.75, 3.05) is 19.8 Å². The summed E-state index contributed by atoms with van der Waals surface area (Å²) in [5, 5.41) is 14.4. The Morgan fingerprint density at radius 3 is 1.98 bits per heavy atom. The maximum absolute atomic E-state index is 14.1. The highest BCUT2D eigenvalue weighted by molar-refractivity contribution is 5.96. The van der Waals surface area contributed by atoms with Gasteiger partial charge >= 0.3 is 0 Å². The fourth-order valence-electron chi connectivity index (χ4n) is 5.77. The Labute approximate surface area is 288 Å². The van der Waals surface area contributed by atoms with Gasteiger partial charge in [0.1, 0.15) is 35.7 Å². The number of hydrogen-bond donors (Lipinski definition) is 5. The molecule has 0 spiro atoms. The van der Waals surface area contributed by atoms with Crippen LogP contribution < -0.4 is 36.1 Å². The van der Waals surface area contributed by atoms with Gasteiger partial charge in [0.2, 0.25) is 29.5 Å². The van der Waals surface area contributed by atoms with Gasteiger partial charge in [0.05, 0.1) is 13.2 Å². The molecule has 12 nitrogen and oxygen atoms in total. The summed E-state index contributed by atoms with van der Waals surface area (Å²) in [6.45, 7) is 8.74. The molecule has 12 heteroatoms. The third-order valence-corrected chi connectivity index (χ3v) is 9.01. The molecule has 4 heterocycles. The molecule has 4 aliphatic heterocycles. The van der Waals surface area contributed by atoms with E-state index in [1.807, 2.05) is 76.2 Å². The molecule has 0 saturated heterocycles. The van der Waals surface area contributed by atoms with Gasteiger partial charge in [-0.2, -0.15) is 0 Å². The van der Waals surface area contributed by atoms with E-state index in [1.165, 1.54) is 0 Å². The molecule has 2 unspecified atom stereocenters. The van der Waals surface area contributed by atoms with Crippen LogP contribution in [0, 0.1) is 11.8 Å². The van der Waals surface area contributed by atoms with E-state index in [2.05, 4.69) is 26.6 Å². The highest BCUT2D eigenvalue weighted by Gasteiger charge is 2.33. The van der Waals surface area contributed by atoms with Crippen LogP contribution in [0.2, 0.25) is 0 Å². The summed E-state index contributed by atoms with van der Waals surface area (Å²) in [5.74, 6) is -1.25. The first-order valence-electron chi connectivity index (χ1n) is 17.5. The second kappa shape index (κ2) is 18.2. The lowest BCUT2D eigenvalue weighted by molar-refractivity contribution is -0.135. The van der Waals surface area contributed by atoms with Crippen LogP contribution in [0.1, 0.15) is 70.9 Å². The Morgan fingerprint density at radius 1 is 0.755 bits per heavy atom. The first-order valence-corrected chi connectivity index (χ1v) is 17.5. The number of nitrogens with one attached hydrogen (secondary N) is 5. The van der Waals surface area contributed by atoms with Gasteiger partial charge < -0.3 is 36.1 Å². The molecule has 4 bridgehead atoms. The number of carbonyl (C=O) groups is 5. The topological polar surface area (TPSA) is 164 Å². The number of benzene rings is 2. The first-order chi connectivity index (χ1) is 23.5. The number of hydrogen-bond acceptors (Lipinski definition) is 7. The average molecular weight is 678 g/mol. The third-order valence-electron chi connectivity index (χ3n) is 9.01. The monoisotopic (exact) mass is 677 g/mol. The lowest BCUT2D eigenvalue weighted by Gasteiger charge is -2.29. The molecule has 5 atom stereocenters. The molecule has 2 aromatic carbocycles. The quantitative estimate of drug-likeness (QED) is 0.325. The smallest absolute Gasteiger partial charge is 0.243 e. The zero-order valence-corrected chi connectivity index (χ0v) is 29.0. The van der Waals surface area contributed by atoms with Gasteiger partial charge in [-0.25, -0.2) is 0 Å². The Bertz CT molecular complexity index is 1430. The van der Waals surface area contributed by atoms with Crippen molar-refractivity contribution in [2.45, 2.75) is 96.8 Å². The summed E-state index contributed by atoms with van der Waals surface area (Å²) < 4.78 is 11.6. The van der Waals surface area contributed by atoms with Crippen molar-refractivity contribution >= 4 is 29.5 Å². The molecule has 6 rings (SSSR count). The Kier molecular flexibility index (Phi) is 13.8. The summed E-state index contributed by atoms with van der Waals surface area (Å²) >= 11 is 0. The number of fused-ring (bicyclic) bond motifs is 25. The van der Waals surface area contributed by atoms with Gasteiger partial charge in [-0.3, -0.25) is 24.0 Å². The van der Waals surface area contributed by atoms with Crippen molar-refractivity contribution in [1.29, 1.82) is 0 Å². The van der Waals surface area contributed by atoms with Crippen LogP contribution in [0.25, 0.3) is 0 Å². The van der Waals surface area contributed by atoms with E-state index in [0.29, 0.717) is 56.9 Å². The van der Waals surface area contributed by atoms with Crippen LogP contribution in [0.15, 0.2) is 48.5 Å². The van der Waals surface area contributed by atoms with E-state index in [9.17, 15) is 24.0 Å². The molecule has 2 aromatic rings. The molecular formula is C37H51N5O7. The minimum absolute atomic E-state index is 0.120. The molecule has 4 aliphatic rings. The Hall–Kier alpha value is -4.61. The predicted octanol–water partition coefficient (Wildman–Crippen LogP) is 2.57. The van der Waals surface area contributed by atoms with E-state index in [0.717, 1.165) is 11.1 Å². The van der Waals surface area contributed by atoms with Crippen LogP contribution in [-0.4, -0.2) is 73.5 Å². The Balaban J connectivity index is 1.64. The van der Waals surface area contributed by atoms with Crippen LogP contribution in [0.4, 0.5) is 0 Å². The van der Waals surface area contributed by atoms with Crippen molar-refractivity contribution in [2.24, 2.45) is 11.8 Å². The summed E-state index contributed by atoms with van der Waals surface area (Å²) in [6, 6.07) is 10.7. The zero-order valence-electron chi connectivity index (χ0n) is 29.0. The third kappa shape index (κ3) is 11.2. The molecule has 266 valence electrons. The second-order valence-electron chi connectivity index (χ2n) is 13.3. The van der Waals surface area contributed by atoms with Gasteiger partial charge in [-0.15, -0.1) is 0 Å². The molecule has 0 aliphatic carbocycles. The lowest BCUT2D eigenvalue weighted by Crippen LogP contribution is -2.60. The average Bonchev–Trinajstić information content (AvgIpc) is 3.09. The van der Waals surface area contributed by atoms with Gasteiger partial charge in [-0.1, -0.05) is 58.4 Å². The van der Waals surface area contributed by atoms with E-state index in [1.54, 1.807) is 0 Å². The van der Waals surface area contributed by atoms with E-state index in [4.69, 9.17) is 9.47 Å². The van der Waals surface area contributed by atoms with Crippen LogP contribution in [0.3, 0.4) is 0 Å². The SMILES string of the molecule is CC[C@H](C)C1NC(=O)[C@@H](NC(=O)C2Cc3ccc(cc3)OCCCCC(=O)N[C@@H](C(C)C)C(=O)N2)Cc2ccc(cc2)OCCCNC1=O. The van der Waals surface area contributed by atoms with Crippen molar-refractivity contribution in [3.63, 3.8) is 0 Å². The van der Waals surface area contributed by atoms with Gasteiger partial charge in [0.25, 0.3) is 0 Å². The van der Waals surface area contributed by atoms with E-state index < -0.39 is 41.9 Å². The second-order valence-corrected chi connectivity index (χ2v) is 13.3. The van der Waals surface area contributed by atoms with Crippen LogP contribution in [0.5, 0.6) is 11.5 Å². The number of amides is 5. The minimum atomic E-state index is -1.08. The molecule has 0 radical (unpaired) electrons. The van der Waals surface area contributed by atoms with Gasteiger partial charge in [-0.05, 0) is 66.5 Å². The van der Waals surface area contributed by atoms with Crippen molar-refractivity contribution < 1.29 is 33.4 Å². The number of carbonyl (C=O) groups excluding carboxylic acids is 5. The number of ether oxygens (including phenoxy) is 2. The van der Waals surface area contributed by atoms with Crippen molar-refractivity contribution in [3.05, 3.63) is 59.7 Å². The van der Waals surface area contributed by atoms with Crippen LogP contribution >= 0.6 is 0 Å². The minimum Gasteiger partial charge on any atom is -0.494 e. The molecule has 0 aromatic heterocycles. The van der Waals surface area contributed by atoms with Gasteiger partial charge in [0.15, 0.2) is 0 Å². The maximum atomic E-state index is 14.1. The fraction of sp³-hybridized carbons (Fsp3) is 0.541. The molecule has 5 N–H and O–H groups in total. The first kappa shape index (κ1) is 37.2. The Morgan fingerprint density at radius 2 is 1.37 bits per heavy atom. The van der Waals surface area contributed by atoms with Crippen LogP contribution in [-0.2, 0) is 36.8 Å². The number of rotatable bonds is 5. The lowest BCUT2D eigenvalue weighted by atomic mass is 9.96. The van der Waals surface area contributed by atoms with E-state index >= 15 is 0 Å². The van der Waals surface area contributed by atoms with E-state index in [-0.39, 0.29) is 42.9 Å². The largest absolute Gasteiger partial charge is 0.494 e. The summed E-state index contributed by atoms with van der Waals surface area (Å²) in [5.41, 5.74) is 1.54. The summed E-state index contributed by atoms with van der Waals surface area (Å²) in [6.07, 6.45) is 3.01. The molecule has 5 amide bonds. The predicted molar refractivity (Wildman–Crippen MR) is 185 cm³/mol. The molecular weight excluding hydrogens is 626 g/mol. The fourth-order valence-corrected chi connectivity index (χ4v) is 5.77. The summed E-state index contributed by atoms with van der Waals surface area (Å²) in [7, 11) is 0. The van der Waals surface area contributed by atoms with Crippen molar-refractivity contribution in [3.8, 4) is 11.5 Å².